The van der Waals surface area contributed by atoms with E-state index in [-0.39, 0.29) is 5.92 Å². The predicted octanol–water partition coefficient (Wildman–Crippen LogP) is 2.01. The molecular weight excluding hydrogens is 259 g/mol. The number of rotatable bonds is 2. The van der Waals surface area contributed by atoms with Crippen molar-refractivity contribution in [1.29, 1.82) is 0 Å². The Kier molecular flexibility index (Phi) is 3.26. The average Bonchev–Trinajstić information content (AvgIpc) is 2.76. The van der Waals surface area contributed by atoms with Crippen LogP contribution in [0, 0.1) is 0 Å². The van der Waals surface area contributed by atoms with Crippen LogP contribution in [0.25, 0.3) is 0 Å². The van der Waals surface area contributed by atoms with E-state index in [0.29, 0.717) is 11.7 Å². The van der Waals surface area contributed by atoms with E-state index in [0.717, 1.165) is 45.2 Å². The van der Waals surface area contributed by atoms with Gasteiger partial charge in [-0.05, 0) is 32.0 Å². The number of aromatic nitrogens is 2. The number of ether oxygens (including phenoxy) is 1. The van der Waals surface area contributed by atoms with Crippen molar-refractivity contribution in [3.8, 4) is 0 Å². The number of piperidine rings is 1. The van der Waals surface area contributed by atoms with Gasteiger partial charge in [0.25, 0.3) is 0 Å². The van der Waals surface area contributed by atoms with E-state index in [2.05, 4.69) is 15.1 Å². The second kappa shape index (κ2) is 4.79. The number of aromatic amines is 1. The van der Waals surface area contributed by atoms with Crippen molar-refractivity contribution in [3.05, 3.63) is 17.5 Å². The van der Waals surface area contributed by atoms with Crippen molar-refractivity contribution in [1.82, 2.24) is 15.1 Å². The van der Waals surface area contributed by atoms with Crippen LogP contribution in [0.5, 0.6) is 0 Å². The first-order valence-electron chi connectivity index (χ1n) is 6.48. The molecule has 4 nitrogen and oxygen atoms in total. The van der Waals surface area contributed by atoms with E-state index >= 15 is 0 Å². The zero-order valence-electron chi connectivity index (χ0n) is 10.4. The molecule has 1 N–H and O–H groups in total. The lowest BCUT2D eigenvalue weighted by atomic mass is 9.92. The number of halogens is 3. The highest BCUT2D eigenvalue weighted by molar-refractivity contribution is 5.16. The molecule has 2 saturated heterocycles. The minimum atomic E-state index is -4.36. The zero-order valence-corrected chi connectivity index (χ0v) is 10.4. The normalized spacial score (nSPS) is 23.5. The van der Waals surface area contributed by atoms with Gasteiger partial charge in [-0.3, -0.25) is 10.00 Å². The summed E-state index contributed by atoms with van der Waals surface area (Å²) in [6, 6.07) is 1.65. The van der Waals surface area contributed by atoms with Crippen LogP contribution in [-0.2, 0) is 10.9 Å². The molecule has 3 rings (SSSR count). The fraction of sp³-hybridized carbons (Fsp3) is 0.750. The molecule has 1 aromatic heterocycles. The largest absolute Gasteiger partial charge is 0.435 e. The first-order chi connectivity index (χ1) is 9.04. The van der Waals surface area contributed by atoms with Crippen molar-refractivity contribution in [3.63, 3.8) is 0 Å². The zero-order chi connectivity index (χ0) is 13.5. The summed E-state index contributed by atoms with van der Waals surface area (Å²) in [4.78, 5) is 2.36. The Bertz CT molecular complexity index is 434. The molecular formula is C12H16F3N3O. The van der Waals surface area contributed by atoms with Gasteiger partial charge in [0.2, 0.25) is 0 Å². The molecule has 19 heavy (non-hydrogen) atoms. The summed E-state index contributed by atoms with van der Waals surface area (Å²) in [5.74, 6) is 0.154. The van der Waals surface area contributed by atoms with Gasteiger partial charge in [0.05, 0.1) is 19.3 Å². The van der Waals surface area contributed by atoms with Gasteiger partial charge in [-0.25, -0.2) is 0 Å². The summed E-state index contributed by atoms with van der Waals surface area (Å²) < 4.78 is 42.6. The molecule has 0 aliphatic carbocycles. The molecule has 0 radical (unpaired) electrons. The highest BCUT2D eigenvalue weighted by Crippen LogP contribution is 2.33. The summed E-state index contributed by atoms with van der Waals surface area (Å²) in [6.07, 6.45) is -2.62. The molecule has 2 aliphatic rings. The van der Waals surface area contributed by atoms with Gasteiger partial charge in [0.1, 0.15) is 0 Å². The Labute approximate surface area is 108 Å². The summed E-state index contributed by atoms with van der Waals surface area (Å²) in [5, 5.41) is 5.90. The van der Waals surface area contributed by atoms with Crippen LogP contribution in [0.1, 0.15) is 30.1 Å². The van der Waals surface area contributed by atoms with Gasteiger partial charge < -0.3 is 4.74 Å². The second-order valence-electron chi connectivity index (χ2n) is 5.21. The SMILES string of the molecule is FC(F)(F)c1cc(C2CCN(C3COC3)CC2)[nH]n1. The first kappa shape index (κ1) is 12.9. The molecule has 0 saturated carbocycles. The van der Waals surface area contributed by atoms with Crippen LogP contribution in [0.3, 0.4) is 0 Å². The monoisotopic (exact) mass is 275 g/mol. The maximum atomic E-state index is 12.5. The molecule has 0 atom stereocenters. The Morgan fingerprint density at radius 3 is 2.42 bits per heavy atom. The van der Waals surface area contributed by atoms with E-state index in [1.165, 1.54) is 0 Å². The number of likely N-dealkylation sites (tertiary alicyclic amines) is 1. The van der Waals surface area contributed by atoms with Crippen LogP contribution in [-0.4, -0.2) is 47.4 Å². The standard InChI is InChI=1S/C12H16F3N3O/c13-12(14,15)11-5-10(16-17-11)8-1-3-18(4-2-8)9-6-19-7-9/h5,8-9H,1-4,6-7H2,(H,16,17). The third-order valence-electron chi connectivity index (χ3n) is 3.99. The lowest BCUT2D eigenvalue weighted by molar-refractivity contribution is -0.141. The number of nitrogens with zero attached hydrogens (tertiary/aromatic N) is 2. The Morgan fingerprint density at radius 2 is 1.95 bits per heavy atom. The highest BCUT2D eigenvalue weighted by Gasteiger charge is 2.35. The quantitative estimate of drug-likeness (QED) is 0.897. The van der Waals surface area contributed by atoms with Gasteiger partial charge in [0, 0.05) is 11.6 Å². The molecule has 1 aromatic rings. The fourth-order valence-corrected chi connectivity index (χ4v) is 2.70. The summed E-state index contributed by atoms with van der Waals surface area (Å²) in [7, 11) is 0. The second-order valence-corrected chi connectivity index (χ2v) is 5.21. The predicted molar refractivity (Wildman–Crippen MR) is 61.7 cm³/mol. The van der Waals surface area contributed by atoms with Gasteiger partial charge >= 0.3 is 6.18 Å². The molecule has 2 fully saturated rings. The van der Waals surface area contributed by atoms with E-state index in [1.54, 1.807) is 0 Å². The molecule has 2 aliphatic heterocycles. The van der Waals surface area contributed by atoms with Crippen molar-refractivity contribution in [2.45, 2.75) is 31.0 Å². The molecule has 0 aromatic carbocycles. The molecule has 3 heterocycles. The minimum Gasteiger partial charge on any atom is -0.378 e. The van der Waals surface area contributed by atoms with Gasteiger partial charge in [0.15, 0.2) is 5.69 Å². The van der Waals surface area contributed by atoms with Gasteiger partial charge in [-0.15, -0.1) is 0 Å². The van der Waals surface area contributed by atoms with Crippen molar-refractivity contribution in [2.24, 2.45) is 0 Å². The molecule has 106 valence electrons. The lowest BCUT2D eigenvalue weighted by Gasteiger charge is -2.41. The lowest BCUT2D eigenvalue weighted by Crippen LogP contribution is -2.51. The number of nitrogens with one attached hydrogen (secondary N) is 1. The Morgan fingerprint density at radius 1 is 1.26 bits per heavy atom. The maximum Gasteiger partial charge on any atom is 0.435 e. The van der Waals surface area contributed by atoms with E-state index in [9.17, 15) is 13.2 Å². The molecule has 0 amide bonds. The number of H-pyrrole nitrogens is 1. The van der Waals surface area contributed by atoms with E-state index < -0.39 is 11.9 Å². The van der Waals surface area contributed by atoms with Gasteiger partial charge in [-0.1, -0.05) is 0 Å². The Balaban J connectivity index is 1.60. The van der Waals surface area contributed by atoms with Crippen LogP contribution in [0.4, 0.5) is 13.2 Å². The Hall–Kier alpha value is -1.08. The third kappa shape index (κ3) is 2.62. The minimum absolute atomic E-state index is 0.154. The van der Waals surface area contributed by atoms with Crippen molar-refractivity contribution < 1.29 is 17.9 Å². The number of alkyl halides is 3. The molecule has 0 unspecified atom stereocenters. The van der Waals surface area contributed by atoms with Crippen molar-refractivity contribution in [2.75, 3.05) is 26.3 Å². The van der Waals surface area contributed by atoms with Crippen LogP contribution in [0.2, 0.25) is 0 Å². The van der Waals surface area contributed by atoms with E-state index in [4.69, 9.17) is 4.74 Å². The summed E-state index contributed by atoms with van der Waals surface area (Å²) >= 11 is 0. The van der Waals surface area contributed by atoms with Crippen LogP contribution < -0.4 is 0 Å². The smallest absolute Gasteiger partial charge is 0.378 e. The average molecular weight is 275 g/mol. The molecule has 0 spiro atoms. The summed E-state index contributed by atoms with van der Waals surface area (Å²) in [5.41, 5.74) is -0.214. The number of hydrogen-bond donors (Lipinski definition) is 1. The molecule has 7 heteroatoms. The topological polar surface area (TPSA) is 41.1 Å². The number of hydrogen-bond acceptors (Lipinski definition) is 3. The maximum absolute atomic E-state index is 12.5. The highest BCUT2D eigenvalue weighted by atomic mass is 19.4. The van der Waals surface area contributed by atoms with E-state index in [1.807, 2.05) is 0 Å². The van der Waals surface area contributed by atoms with Gasteiger partial charge in [-0.2, -0.15) is 18.3 Å². The van der Waals surface area contributed by atoms with Crippen LogP contribution >= 0.6 is 0 Å². The van der Waals surface area contributed by atoms with Crippen LogP contribution in [0.15, 0.2) is 6.07 Å². The fourth-order valence-electron chi connectivity index (χ4n) is 2.70. The van der Waals surface area contributed by atoms with Crippen molar-refractivity contribution >= 4 is 0 Å². The summed E-state index contributed by atoms with van der Waals surface area (Å²) in [6.45, 7) is 3.40. The first-order valence-corrected chi connectivity index (χ1v) is 6.48. The molecule has 0 bridgehead atoms. The third-order valence-corrected chi connectivity index (χ3v) is 3.99.